The molecule has 0 spiro atoms. The number of hydrogen-bond donors (Lipinski definition) is 1. The second-order valence-corrected chi connectivity index (χ2v) is 11.6. The number of aryl methyl sites for hydroxylation is 3. The lowest BCUT2D eigenvalue weighted by molar-refractivity contribution is 0.0492. The van der Waals surface area contributed by atoms with E-state index in [0.717, 1.165) is 16.9 Å². The normalized spacial score (nSPS) is 11.1. The van der Waals surface area contributed by atoms with Gasteiger partial charge in [-0.3, -0.25) is 14.2 Å². The first kappa shape index (κ1) is 35.4. The maximum Gasteiger partial charge on any atom is 0.376 e. The van der Waals surface area contributed by atoms with Crippen LogP contribution in [0.2, 0.25) is 0 Å². The number of nitrogens with one attached hydrogen (secondary N) is 1. The van der Waals surface area contributed by atoms with Crippen molar-refractivity contribution in [3.8, 4) is 46.0 Å². The van der Waals surface area contributed by atoms with Crippen LogP contribution in [0.1, 0.15) is 51.7 Å². The number of pyridine rings is 1. The Morgan fingerprint density at radius 2 is 1.67 bits per heavy atom. The van der Waals surface area contributed by atoms with Crippen LogP contribution in [0.3, 0.4) is 0 Å². The first-order valence-electron chi connectivity index (χ1n) is 16.5. The summed E-state index contributed by atoms with van der Waals surface area (Å²) in [5, 5.41) is 12.5. The quantitative estimate of drug-likeness (QED) is 0.141. The van der Waals surface area contributed by atoms with Crippen LogP contribution in [-0.4, -0.2) is 69.3 Å². The molecule has 0 aliphatic carbocycles. The number of oxazole rings is 1. The van der Waals surface area contributed by atoms with Gasteiger partial charge in [0.25, 0.3) is 5.91 Å². The highest BCUT2D eigenvalue weighted by molar-refractivity contribution is 6.03. The number of amides is 1. The van der Waals surface area contributed by atoms with Crippen molar-refractivity contribution in [2.45, 2.75) is 40.5 Å². The van der Waals surface area contributed by atoms with Crippen molar-refractivity contribution in [3.05, 3.63) is 83.0 Å². The average Bonchev–Trinajstić information content (AvgIpc) is 3.87. The Labute approximate surface area is 299 Å². The third-order valence-corrected chi connectivity index (χ3v) is 8.34. The number of aromatic nitrogens is 6. The molecule has 4 aromatic heterocycles. The molecule has 270 valence electrons. The number of benzene rings is 2. The van der Waals surface area contributed by atoms with E-state index >= 15 is 0 Å². The number of esters is 1. The summed E-state index contributed by atoms with van der Waals surface area (Å²) in [4.78, 5) is 36.7. The lowest BCUT2D eigenvalue weighted by Gasteiger charge is -2.12. The van der Waals surface area contributed by atoms with Gasteiger partial charge in [-0.1, -0.05) is 12.1 Å². The molecule has 6 aromatic rings. The number of fused-ring (bicyclic) bond motifs is 1. The average molecular weight is 710 g/mol. The molecule has 0 radical (unpaired) electrons. The zero-order valence-corrected chi connectivity index (χ0v) is 30.0. The van der Waals surface area contributed by atoms with E-state index in [0.29, 0.717) is 46.1 Å². The van der Waals surface area contributed by atoms with Crippen molar-refractivity contribution in [1.29, 1.82) is 0 Å². The molecule has 0 unspecified atom stereocenters. The Balaban J connectivity index is 1.41. The molecule has 4 heterocycles. The minimum absolute atomic E-state index is 0.0607. The number of hydrogen-bond acceptors (Lipinski definition) is 12. The van der Waals surface area contributed by atoms with E-state index in [2.05, 4.69) is 15.5 Å². The van der Waals surface area contributed by atoms with Gasteiger partial charge in [0, 0.05) is 37.2 Å². The van der Waals surface area contributed by atoms with E-state index in [-0.39, 0.29) is 48.5 Å². The van der Waals surface area contributed by atoms with E-state index in [1.807, 2.05) is 38.1 Å². The Kier molecular flexibility index (Phi) is 10.4. The number of nitrogens with zero attached hydrogens (tertiary/aromatic N) is 6. The lowest BCUT2D eigenvalue weighted by Crippen LogP contribution is -2.24. The second-order valence-electron chi connectivity index (χ2n) is 11.6. The van der Waals surface area contributed by atoms with E-state index in [1.165, 1.54) is 0 Å². The largest absolute Gasteiger partial charge is 0.497 e. The third-order valence-electron chi connectivity index (χ3n) is 8.34. The van der Waals surface area contributed by atoms with Gasteiger partial charge in [0.05, 0.1) is 39.6 Å². The van der Waals surface area contributed by atoms with Gasteiger partial charge >= 0.3 is 5.97 Å². The molecule has 15 heteroatoms. The van der Waals surface area contributed by atoms with Crippen LogP contribution in [0.15, 0.2) is 59.1 Å². The summed E-state index contributed by atoms with van der Waals surface area (Å²) >= 11 is 0. The number of methoxy groups -OCH3 is 3. The van der Waals surface area contributed by atoms with Crippen molar-refractivity contribution < 1.29 is 37.7 Å². The molecule has 0 saturated heterocycles. The van der Waals surface area contributed by atoms with Crippen LogP contribution in [-0.2, 0) is 31.5 Å². The first-order valence-corrected chi connectivity index (χ1v) is 16.5. The Morgan fingerprint density at radius 3 is 2.37 bits per heavy atom. The van der Waals surface area contributed by atoms with Crippen LogP contribution in [0.25, 0.3) is 33.9 Å². The molecule has 52 heavy (non-hydrogen) atoms. The van der Waals surface area contributed by atoms with Gasteiger partial charge in [0.2, 0.25) is 11.7 Å². The summed E-state index contributed by atoms with van der Waals surface area (Å²) in [5.74, 6) is 0.976. The molecule has 0 bridgehead atoms. The highest BCUT2D eigenvalue weighted by atomic mass is 16.5. The van der Waals surface area contributed by atoms with Gasteiger partial charge in [-0.2, -0.15) is 10.2 Å². The SMILES string of the molecule is CCOC(=O)c1oc(-c2c(OCc3ccc(OC)cc3)c(C)nn2CC)nc1-c1nc(C(=O)NCc2ccc(OC)cc2OC)cc2c1cnn2C. The van der Waals surface area contributed by atoms with Crippen LogP contribution in [0.5, 0.6) is 23.0 Å². The van der Waals surface area contributed by atoms with Gasteiger partial charge in [0.15, 0.2) is 11.4 Å². The predicted molar refractivity (Wildman–Crippen MR) is 190 cm³/mol. The molecular weight excluding hydrogens is 670 g/mol. The topological polar surface area (TPSA) is 167 Å². The monoisotopic (exact) mass is 709 g/mol. The molecule has 6 rings (SSSR count). The summed E-state index contributed by atoms with van der Waals surface area (Å²) in [5.41, 5.74) is 3.58. The number of ether oxygens (including phenoxy) is 5. The fourth-order valence-electron chi connectivity index (χ4n) is 5.67. The highest BCUT2D eigenvalue weighted by Crippen LogP contribution is 2.38. The van der Waals surface area contributed by atoms with Gasteiger partial charge in [-0.15, -0.1) is 0 Å². The minimum atomic E-state index is -0.753. The van der Waals surface area contributed by atoms with E-state index in [4.69, 9.17) is 38.1 Å². The highest BCUT2D eigenvalue weighted by Gasteiger charge is 2.31. The molecular formula is C37H39N7O8. The number of carbonyl (C=O) groups is 2. The van der Waals surface area contributed by atoms with Crippen LogP contribution in [0, 0.1) is 6.92 Å². The first-order chi connectivity index (χ1) is 25.2. The molecule has 0 aliphatic heterocycles. The lowest BCUT2D eigenvalue weighted by atomic mass is 10.1. The summed E-state index contributed by atoms with van der Waals surface area (Å²) in [6, 6.07) is 14.5. The Hall–Kier alpha value is -6.38. The van der Waals surface area contributed by atoms with Crippen molar-refractivity contribution in [3.63, 3.8) is 0 Å². The maximum absolute atomic E-state index is 13.7. The van der Waals surface area contributed by atoms with E-state index < -0.39 is 11.9 Å². The number of rotatable bonds is 14. The van der Waals surface area contributed by atoms with Crippen molar-refractivity contribution in [2.75, 3.05) is 27.9 Å². The molecule has 0 aliphatic rings. The molecule has 15 nitrogen and oxygen atoms in total. The zero-order valence-electron chi connectivity index (χ0n) is 30.0. The van der Waals surface area contributed by atoms with Gasteiger partial charge in [-0.05, 0) is 56.7 Å². The molecule has 0 fully saturated rings. The van der Waals surface area contributed by atoms with E-state index in [9.17, 15) is 9.59 Å². The van der Waals surface area contributed by atoms with Crippen LogP contribution < -0.4 is 24.3 Å². The van der Waals surface area contributed by atoms with Crippen LogP contribution >= 0.6 is 0 Å². The van der Waals surface area contributed by atoms with Crippen molar-refractivity contribution in [2.24, 2.45) is 7.05 Å². The molecule has 0 atom stereocenters. The van der Waals surface area contributed by atoms with Gasteiger partial charge in [-0.25, -0.2) is 14.8 Å². The van der Waals surface area contributed by atoms with Gasteiger partial charge < -0.3 is 33.4 Å². The summed E-state index contributed by atoms with van der Waals surface area (Å²) in [6.07, 6.45) is 1.59. The molecule has 1 amide bonds. The van der Waals surface area contributed by atoms with E-state index in [1.54, 1.807) is 75.1 Å². The summed E-state index contributed by atoms with van der Waals surface area (Å²) in [7, 11) is 6.46. The second kappa shape index (κ2) is 15.2. The number of carbonyl (C=O) groups excluding carboxylic acids is 2. The molecule has 1 N–H and O–H groups in total. The minimum Gasteiger partial charge on any atom is -0.497 e. The zero-order chi connectivity index (χ0) is 36.9. The third kappa shape index (κ3) is 6.97. The molecule has 2 aromatic carbocycles. The maximum atomic E-state index is 13.7. The Bertz CT molecular complexity index is 2240. The van der Waals surface area contributed by atoms with Crippen molar-refractivity contribution in [1.82, 2.24) is 34.8 Å². The molecule has 0 saturated carbocycles. The summed E-state index contributed by atoms with van der Waals surface area (Å²) < 4.78 is 37.3. The fourth-order valence-corrected chi connectivity index (χ4v) is 5.67. The predicted octanol–water partition coefficient (Wildman–Crippen LogP) is 5.53. The summed E-state index contributed by atoms with van der Waals surface area (Å²) in [6.45, 7) is 6.34. The van der Waals surface area contributed by atoms with Crippen LogP contribution in [0.4, 0.5) is 0 Å². The fraction of sp³-hybridized carbons (Fsp3) is 0.297. The van der Waals surface area contributed by atoms with Gasteiger partial charge in [0.1, 0.15) is 46.6 Å². The van der Waals surface area contributed by atoms with Crippen molar-refractivity contribution >= 4 is 22.8 Å². The smallest absolute Gasteiger partial charge is 0.376 e. The Morgan fingerprint density at radius 1 is 0.923 bits per heavy atom. The standard InChI is InChI=1S/C37H39N7O8/c1-8-44-32(33(21(3)42-44)51-20-22-10-13-24(47-5)14-11-22)36-41-31(34(52-36)37(46)50-9-2)30-26-19-39-43(4)28(26)17-27(40-30)35(45)38-18-23-12-15-25(48-6)16-29(23)49-7/h10-17,19H,8-9,18,20H2,1-7H3,(H,38,45).